The minimum absolute atomic E-state index is 0.0223. The number of benzene rings is 3. The molecule has 0 saturated heterocycles. The number of Topliss-reactive ketones (excluding diaryl/α,β-unsaturated/α-hetero) is 1. The van der Waals surface area contributed by atoms with Gasteiger partial charge in [0.25, 0.3) is 0 Å². The fourth-order valence-corrected chi connectivity index (χ4v) is 6.29. The number of hydrogen-bond acceptors (Lipinski definition) is 2. The van der Waals surface area contributed by atoms with Gasteiger partial charge < -0.3 is 0 Å². The second kappa shape index (κ2) is 12.3. The Kier molecular flexibility index (Phi) is 9.13. The minimum atomic E-state index is 0.0223. The number of rotatable bonds is 10. The summed E-state index contributed by atoms with van der Waals surface area (Å²) in [6.45, 7) is 7.07. The van der Waals surface area contributed by atoms with Gasteiger partial charge in [0, 0.05) is 0 Å². The Hall–Kier alpha value is -2.31. The molecule has 3 aromatic carbocycles. The van der Waals surface area contributed by atoms with E-state index in [1.54, 1.807) is 0 Å². The molecule has 1 aliphatic rings. The summed E-state index contributed by atoms with van der Waals surface area (Å²) in [5.41, 5.74) is 3.34. The van der Waals surface area contributed by atoms with Crippen LogP contribution in [0.4, 0.5) is 0 Å². The molecule has 36 heavy (non-hydrogen) atoms. The Bertz CT molecular complexity index is 1120. The van der Waals surface area contributed by atoms with Gasteiger partial charge >= 0.3 is 226 Å². The van der Waals surface area contributed by atoms with Crippen LogP contribution in [0.25, 0.3) is 0 Å². The summed E-state index contributed by atoms with van der Waals surface area (Å²) >= 11 is 3.25. The predicted octanol–water partition coefficient (Wildman–Crippen LogP) is 7.91. The molecular formula is C33H38CrO2. The molecule has 0 heterocycles. The van der Waals surface area contributed by atoms with Crippen molar-refractivity contribution in [1.82, 2.24) is 0 Å². The molecule has 0 aromatic heterocycles. The standard InChI is InChI=1S/C33H38O2.Cr/c1-25-19-20-30(33(2,3)29-17-11-6-12-18-29)32(23-25)35-22-21-28(26-13-7-4-8-14-26)24-31(34)27-15-9-5-10-16-27;/h4-18,25,28,30,32H,19-21,23-24H2,1-3H3;/t25-,28+,30-,32-;/m1./s1. The van der Waals surface area contributed by atoms with E-state index < -0.39 is 0 Å². The van der Waals surface area contributed by atoms with Crippen molar-refractivity contribution in [2.45, 2.75) is 70.3 Å². The van der Waals surface area contributed by atoms with Gasteiger partial charge in [-0.25, -0.2) is 0 Å². The molecule has 1 aliphatic carbocycles. The summed E-state index contributed by atoms with van der Waals surface area (Å²) in [6, 6.07) is 30.9. The second-order valence-electron chi connectivity index (χ2n) is 10.9. The Morgan fingerprint density at radius 1 is 0.889 bits per heavy atom. The van der Waals surface area contributed by atoms with Crippen molar-refractivity contribution in [2.75, 3.05) is 0 Å². The van der Waals surface area contributed by atoms with Crippen LogP contribution in [0.2, 0.25) is 0 Å². The molecule has 1 saturated carbocycles. The van der Waals surface area contributed by atoms with Crippen LogP contribution in [0.15, 0.2) is 91.0 Å². The zero-order valence-electron chi connectivity index (χ0n) is 21.7. The molecule has 0 radical (unpaired) electrons. The number of carbonyl (C=O) groups excluding carboxylic acids is 1. The molecule has 3 heteroatoms. The fourth-order valence-electron chi connectivity index (χ4n) is 5.78. The molecule has 188 valence electrons. The molecule has 0 bridgehead atoms. The van der Waals surface area contributed by atoms with E-state index in [9.17, 15) is 4.79 Å². The summed E-state index contributed by atoms with van der Waals surface area (Å²) in [5.74, 6) is 1.32. The van der Waals surface area contributed by atoms with E-state index in [0.717, 1.165) is 23.0 Å². The first-order valence-corrected chi connectivity index (χ1v) is 13.9. The van der Waals surface area contributed by atoms with E-state index in [-0.39, 0.29) is 23.2 Å². The van der Waals surface area contributed by atoms with Crippen LogP contribution in [-0.2, 0) is 26.0 Å². The summed E-state index contributed by atoms with van der Waals surface area (Å²) in [7, 11) is 0. The zero-order chi connectivity index (χ0) is 25.5. The molecule has 0 N–H and O–H groups in total. The molecule has 4 atom stereocenters. The molecule has 0 unspecified atom stereocenters. The number of ketones is 1. The van der Waals surface area contributed by atoms with Crippen molar-refractivity contribution in [1.29, 1.82) is 0 Å². The number of hydrogen-bond donors (Lipinski definition) is 0. The van der Waals surface area contributed by atoms with Crippen LogP contribution in [0.3, 0.4) is 0 Å². The summed E-state index contributed by atoms with van der Waals surface area (Å²) in [5, 5.41) is 0. The Balaban J connectivity index is 1.51. The third-order valence-corrected chi connectivity index (χ3v) is 8.40. The van der Waals surface area contributed by atoms with Crippen LogP contribution in [0, 0.1) is 11.8 Å². The van der Waals surface area contributed by atoms with Gasteiger partial charge in [0.15, 0.2) is 0 Å². The Morgan fingerprint density at radius 3 is 2.11 bits per heavy atom. The van der Waals surface area contributed by atoms with Gasteiger partial charge in [-0.3, -0.25) is 0 Å². The first kappa shape index (κ1) is 26.7. The summed E-state index contributed by atoms with van der Waals surface area (Å²) < 4.78 is 7.69. The van der Waals surface area contributed by atoms with Crippen molar-refractivity contribution >= 4 is 10.3 Å². The van der Waals surface area contributed by atoms with E-state index in [0.29, 0.717) is 24.7 Å². The summed E-state index contributed by atoms with van der Waals surface area (Å²) in [4.78, 5) is 13.1. The average Bonchev–Trinajstić information content (AvgIpc) is 2.89. The predicted molar refractivity (Wildman–Crippen MR) is 145 cm³/mol. The van der Waals surface area contributed by atoms with E-state index in [1.807, 2.05) is 36.4 Å². The first-order chi connectivity index (χ1) is 17.3. The molecule has 0 spiro atoms. The summed E-state index contributed by atoms with van der Waals surface area (Å²) in [6.07, 6.45) is 4.78. The number of carbonyl (C=O) groups is 1. The van der Waals surface area contributed by atoms with Gasteiger partial charge in [-0.2, -0.15) is 0 Å². The molecule has 2 nitrogen and oxygen atoms in total. The third-order valence-electron chi connectivity index (χ3n) is 7.99. The average molecular weight is 519 g/mol. The SMILES string of the molecule is C[C@@H]1CC[C@@H](C(C)(C)c2ccccc2)[C@H](O[C](=[Cr])C[C@@H](CC(=O)c2ccccc2)c2ccccc2)C1. The van der Waals surface area contributed by atoms with Crippen molar-refractivity contribution < 1.29 is 25.4 Å². The van der Waals surface area contributed by atoms with Crippen LogP contribution in [0.1, 0.15) is 80.3 Å². The topological polar surface area (TPSA) is 26.3 Å². The van der Waals surface area contributed by atoms with Gasteiger partial charge in [0.05, 0.1) is 0 Å². The molecule has 4 rings (SSSR count). The van der Waals surface area contributed by atoms with Crippen molar-refractivity contribution in [3.63, 3.8) is 0 Å². The van der Waals surface area contributed by atoms with Gasteiger partial charge in [0.2, 0.25) is 0 Å². The molecular weight excluding hydrogens is 480 g/mol. The van der Waals surface area contributed by atoms with Crippen LogP contribution in [0.5, 0.6) is 0 Å². The van der Waals surface area contributed by atoms with Crippen LogP contribution < -0.4 is 0 Å². The van der Waals surface area contributed by atoms with Crippen molar-refractivity contribution in [3.05, 3.63) is 108 Å². The number of ether oxygens (including phenoxy) is 1. The Labute approximate surface area is 225 Å². The maximum absolute atomic E-state index is 13.1. The van der Waals surface area contributed by atoms with Crippen LogP contribution in [-0.4, -0.2) is 16.5 Å². The van der Waals surface area contributed by atoms with E-state index in [1.165, 1.54) is 17.5 Å². The Morgan fingerprint density at radius 2 is 1.47 bits per heavy atom. The maximum atomic E-state index is 13.1. The second-order valence-corrected chi connectivity index (χ2v) is 11.7. The molecule has 0 amide bonds. The molecule has 0 aliphatic heterocycles. The quantitative estimate of drug-likeness (QED) is 0.255. The van der Waals surface area contributed by atoms with Crippen molar-refractivity contribution in [2.24, 2.45) is 11.8 Å². The van der Waals surface area contributed by atoms with Crippen LogP contribution >= 0.6 is 0 Å². The fraction of sp³-hybridized carbons (Fsp3) is 0.394. The normalized spacial score (nSPS) is 21.0. The van der Waals surface area contributed by atoms with E-state index in [4.69, 9.17) is 4.74 Å². The van der Waals surface area contributed by atoms with Gasteiger partial charge in [0.1, 0.15) is 0 Å². The first-order valence-electron chi connectivity index (χ1n) is 13.2. The van der Waals surface area contributed by atoms with E-state index >= 15 is 0 Å². The zero-order valence-corrected chi connectivity index (χ0v) is 23.0. The van der Waals surface area contributed by atoms with Gasteiger partial charge in [-0.15, -0.1) is 0 Å². The molecule has 1 fully saturated rings. The third kappa shape index (κ3) is 6.71. The van der Waals surface area contributed by atoms with E-state index in [2.05, 4.69) is 91.2 Å². The van der Waals surface area contributed by atoms with Crippen molar-refractivity contribution in [3.8, 4) is 0 Å². The van der Waals surface area contributed by atoms with Gasteiger partial charge in [-0.1, -0.05) is 0 Å². The molecule has 3 aromatic rings. The monoisotopic (exact) mass is 518 g/mol. The van der Waals surface area contributed by atoms with Gasteiger partial charge in [-0.05, 0) is 0 Å².